The van der Waals surface area contributed by atoms with Crippen molar-refractivity contribution in [3.63, 3.8) is 0 Å². The molecule has 1 unspecified atom stereocenters. The highest BCUT2D eigenvalue weighted by Crippen LogP contribution is 2.10. The number of amides is 1. The fourth-order valence-corrected chi connectivity index (χ4v) is 1.31. The molecule has 1 aliphatic heterocycles. The highest BCUT2D eigenvalue weighted by Gasteiger charge is 2.13. The summed E-state index contributed by atoms with van der Waals surface area (Å²) in [6.45, 7) is 2.64. The van der Waals surface area contributed by atoms with Gasteiger partial charge in [-0.05, 0) is 19.3 Å². The van der Waals surface area contributed by atoms with Crippen molar-refractivity contribution < 1.29 is 9.53 Å². The van der Waals surface area contributed by atoms with Crippen LogP contribution in [0.15, 0.2) is 0 Å². The van der Waals surface area contributed by atoms with E-state index in [9.17, 15) is 4.79 Å². The average molecular weight is 171 g/mol. The van der Waals surface area contributed by atoms with E-state index >= 15 is 0 Å². The first-order valence-corrected chi connectivity index (χ1v) is 4.74. The van der Waals surface area contributed by atoms with Crippen LogP contribution in [0.1, 0.15) is 39.0 Å². The zero-order valence-corrected chi connectivity index (χ0v) is 7.64. The van der Waals surface area contributed by atoms with Crippen LogP contribution in [0.3, 0.4) is 0 Å². The highest BCUT2D eigenvalue weighted by atomic mass is 16.5. The highest BCUT2D eigenvalue weighted by molar-refractivity contribution is 5.75. The van der Waals surface area contributed by atoms with Crippen LogP contribution in [-0.2, 0) is 9.53 Å². The Hall–Kier alpha value is -0.570. The van der Waals surface area contributed by atoms with Gasteiger partial charge in [0.05, 0.1) is 0 Å². The number of hydrogen-bond acceptors (Lipinski definition) is 2. The van der Waals surface area contributed by atoms with Crippen molar-refractivity contribution in [3.8, 4) is 0 Å². The van der Waals surface area contributed by atoms with Gasteiger partial charge in [0.25, 0.3) is 0 Å². The van der Waals surface area contributed by atoms with Crippen molar-refractivity contribution >= 4 is 5.91 Å². The molecule has 0 bridgehead atoms. The summed E-state index contributed by atoms with van der Waals surface area (Å²) in [4.78, 5) is 11.0. The molecule has 1 heterocycles. The predicted molar refractivity (Wildman–Crippen MR) is 46.6 cm³/mol. The Morgan fingerprint density at radius 1 is 1.50 bits per heavy atom. The molecule has 12 heavy (non-hydrogen) atoms. The first kappa shape index (κ1) is 9.52. The van der Waals surface area contributed by atoms with Gasteiger partial charge >= 0.3 is 0 Å². The summed E-state index contributed by atoms with van der Waals surface area (Å²) in [5.41, 5.74) is 0. The van der Waals surface area contributed by atoms with E-state index in [2.05, 4.69) is 5.32 Å². The van der Waals surface area contributed by atoms with Crippen molar-refractivity contribution in [2.75, 3.05) is 6.61 Å². The second kappa shape index (κ2) is 5.14. The van der Waals surface area contributed by atoms with Crippen molar-refractivity contribution in [1.29, 1.82) is 0 Å². The smallest absolute Gasteiger partial charge is 0.221 e. The summed E-state index contributed by atoms with van der Waals surface area (Å²) in [5.74, 6) is 0.0851. The molecule has 0 aromatic rings. The zero-order valence-electron chi connectivity index (χ0n) is 7.64. The topological polar surface area (TPSA) is 38.3 Å². The molecule has 70 valence electrons. The minimum absolute atomic E-state index is 0.0278. The minimum Gasteiger partial charge on any atom is -0.359 e. The summed E-state index contributed by atoms with van der Waals surface area (Å²) in [7, 11) is 0. The molecule has 1 fully saturated rings. The van der Waals surface area contributed by atoms with Gasteiger partial charge in [0.15, 0.2) is 0 Å². The van der Waals surface area contributed by atoms with E-state index in [1.54, 1.807) is 0 Å². The van der Waals surface area contributed by atoms with Gasteiger partial charge in [-0.3, -0.25) is 4.79 Å². The maximum Gasteiger partial charge on any atom is 0.221 e. The van der Waals surface area contributed by atoms with E-state index in [1.165, 1.54) is 6.42 Å². The molecule has 1 amide bonds. The van der Waals surface area contributed by atoms with Crippen LogP contribution in [0.5, 0.6) is 0 Å². The van der Waals surface area contributed by atoms with E-state index in [-0.39, 0.29) is 12.1 Å². The third-order valence-corrected chi connectivity index (χ3v) is 2.07. The summed E-state index contributed by atoms with van der Waals surface area (Å²) in [6, 6.07) is 0. The number of rotatable bonds is 2. The molecule has 1 aliphatic rings. The van der Waals surface area contributed by atoms with Crippen molar-refractivity contribution in [1.82, 2.24) is 5.32 Å². The minimum atomic E-state index is -0.0278. The van der Waals surface area contributed by atoms with Crippen LogP contribution in [0, 0.1) is 0 Å². The normalized spacial score (nSPS) is 24.6. The molecule has 0 saturated carbocycles. The first-order valence-electron chi connectivity index (χ1n) is 4.74. The third kappa shape index (κ3) is 3.22. The van der Waals surface area contributed by atoms with Crippen LogP contribution in [0.4, 0.5) is 0 Å². The van der Waals surface area contributed by atoms with Gasteiger partial charge in [0, 0.05) is 13.0 Å². The molecule has 0 aromatic carbocycles. The molecule has 1 N–H and O–H groups in total. The van der Waals surface area contributed by atoms with Gasteiger partial charge in [-0.15, -0.1) is 0 Å². The molecule has 0 spiro atoms. The van der Waals surface area contributed by atoms with Crippen LogP contribution in [-0.4, -0.2) is 18.7 Å². The lowest BCUT2D eigenvalue weighted by Crippen LogP contribution is -2.35. The standard InChI is InChI=1S/C9H17NO2/c1-2-8(11)10-9-6-4-3-5-7-12-9/h9H,2-7H2,1H3,(H,10,11). The second-order valence-corrected chi connectivity index (χ2v) is 3.13. The summed E-state index contributed by atoms with van der Waals surface area (Å²) < 4.78 is 5.44. The van der Waals surface area contributed by atoms with E-state index < -0.39 is 0 Å². The van der Waals surface area contributed by atoms with Gasteiger partial charge in [-0.25, -0.2) is 0 Å². The Kier molecular flexibility index (Phi) is 4.08. The van der Waals surface area contributed by atoms with E-state index in [1.807, 2.05) is 6.92 Å². The number of ether oxygens (including phenoxy) is 1. The molecule has 0 aliphatic carbocycles. The third-order valence-electron chi connectivity index (χ3n) is 2.07. The zero-order chi connectivity index (χ0) is 8.81. The number of carbonyl (C=O) groups excluding carboxylic acids is 1. The molecule has 1 rings (SSSR count). The van der Waals surface area contributed by atoms with Crippen molar-refractivity contribution in [2.45, 2.75) is 45.3 Å². The van der Waals surface area contributed by atoms with Crippen LogP contribution in [0.25, 0.3) is 0 Å². The largest absolute Gasteiger partial charge is 0.359 e. The Bertz CT molecular complexity index is 139. The van der Waals surface area contributed by atoms with E-state index in [4.69, 9.17) is 4.74 Å². The quantitative estimate of drug-likeness (QED) is 0.682. The van der Waals surface area contributed by atoms with Gasteiger partial charge in [-0.2, -0.15) is 0 Å². The Labute approximate surface area is 73.5 Å². The SMILES string of the molecule is CCC(=O)NC1CCCCCO1. The Morgan fingerprint density at radius 2 is 2.33 bits per heavy atom. The summed E-state index contributed by atoms with van der Waals surface area (Å²) >= 11 is 0. The second-order valence-electron chi connectivity index (χ2n) is 3.13. The van der Waals surface area contributed by atoms with Gasteiger partial charge in [0.1, 0.15) is 6.23 Å². The predicted octanol–water partition coefficient (Wildman–Crippen LogP) is 1.43. The van der Waals surface area contributed by atoms with Crippen LogP contribution >= 0.6 is 0 Å². The Morgan fingerprint density at radius 3 is 3.08 bits per heavy atom. The fourth-order valence-electron chi connectivity index (χ4n) is 1.31. The summed E-state index contributed by atoms with van der Waals surface area (Å²) in [5, 5.41) is 2.85. The summed E-state index contributed by atoms with van der Waals surface area (Å²) in [6.07, 6.45) is 4.98. The van der Waals surface area contributed by atoms with E-state index in [0.717, 1.165) is 25.9 Å². The van der Waals surface area contributed by atoms with Gasteiger partial charge < -0.3 is 10.1 Å². The van der Waals surface area contributed by atoms with Crippen molar-refractivity contribution in [2.24, 2.45) is 0 Å². The maximum atomic E-state index is 11.0. The molecule has 1 atom stereocenters. The monoisotopic (exact) mass is 171 g/mol. The fraction of sp³-hybridized carbons (Fsp3) is 0.889. The first-order chi connectivity index (χ1) is 5.83. The average Bonchev–Trinajstić information content (AvgIpc) is 2.33. The van der Waals surface area contributed by atoms with E-state index in [0.29, 0.717) is 6.42 Å². The molecule has 0 aromatic heterocycles. The molecule has 3 nitrogen and oxygen atoms in total. The molecule has 1 saturated heterocycles. The van der Waals surface area contributed by atoms with Crippen LogP contribution < -0.4 is 5.32 Å². The molecular weight excluding hydrogens is 154 g/mol. The lowest BCUT2D eigenvalue weighted by molar-refractivity contribution is -0.125. The van der Waals surface area contributed by atoms with Gasteiger partial charge in [-0.1, -0.05) is 13.3 Å². The maximum absolute atomic E-state index is 11.0. The lowest BCUT2D eigenvalue weighted by atomic mass is 10.2. The number of carbonyl (C=O) groups is 1. The Balaban J connectivity index is 2.24. The molecule has 3 heteroatoms. The van der Waals surface area contributed by atoms with Gasteiger partial charge in [0.2, 0.25) is 5.91 Å². The molecule has 0 radical (unpaired) electrons. The number of nitrogens with one attached hydrogen (secondary N) is 1. The number of hydrogen-bond donors (Lipinski definition) is 1. The lowest BCUT2D eigenvalue weighted by Gasteiger charge is -2.15. The molecular formula is C9H17NO2. The van der Waals surface area contributed by atoms with Crippen molar-refractivity contribution in [3.05, 3.63) is 0 Å². The van der Waals surface area contributed by atoms with Crippen LogP contribution in [0.2, 0.25) is 0 Å².